The van der Waals surface area contributed by atoms with Crippen LogP contribution in [0.15, 0.2) is 36.4 Å². The molecule has 0 fully saturated rings. The van der Waals surface area contributed by atoms with Gasteiger partial charge in [0.2, 0.25) is 0 Å². The second kappa shape index (κ2) is 5.67. The van der Waals surface area contributed by atoms with E-state index in [1.807, 2.05) is 12.1 Å². The highest BCUT2D eigenvalue weighted by molar-refractivity contribution is 5.35. The Morgan fingerprint density at radius 3 is 1.85 bits per heavy atom. The molecule has 0 aliphatic rings. The fourth-order valence-electron chi connectivity index (χ4n) is 2.04. The molecule has 0 saturated carbocycles. The second-order valence-corrected chi connectivity index (χ2v) is 5.09. The van der Waals surface area contributed by atoms with Crippen LogP contribution in [-0.2, 0) is 0 Å². The van der Waals surface area contributed by atoms with E-state index in [2.05, 4.69) is 13.8 Å². The molecule has 0 saturated heterocycles. The summed E-state index contributed by atoms with van der Waals surface area (Å²) in [6, 6.07) is 7.86. The summed E-state index contributed by atoms with van der Waals surface area (Å²) in [5, 5.41) is 0. The lowest BCUT2D eigenvalue weighted by Gasteiger charge is -2.15. The Balaban J connectivity index is 2.36. The average molecular weight is 279 g/mol. The average Bonchev–Trinajstić information content (AvgIpc) is 2.42. The third-order valence-corrected chi connectivity index (χ3v) is 3.34. The van der Waals surface area contributed by atoms with Crippen molar-refractivity contribution in [2.75, 3.05) is 0 Å². The first kappa shape index (κ1) is 14.6. The highest BCUT2D eigenvalue weighted by Gasteiger charge is 2.17. The minimum Gasteiger partial charge on any atom is -0.320 e. The summed E-state index contributed by atoms with van der Waals surface area (Å²) in [6.45, 7) is 4.12. The summed E-state index contributed by atoms with van der Waals surface area (Å²) in [6.07, 6.45) is 0. The minimum absolute atomic E-state index is 0.0544. The third-order valence-electron chi connectivity index (χ3n) is 3.34. The van der Waals surface area contributed by atoms with E-state index in [4.69, 9.17) is 5.73 Å². The van der Waals surface area contributed by atoms with Crippen LogP contribution < -0.4 is 5.73 Å². The lowest BCUT2D eigenvalue weighted by molar-refractivity contribution is 0.487. The molecule has 0 aliphatic carbocycles. The van der Waals surface area contributed by atoms with Crippen LogP contribution >= 0.6 is 0 Å². The Bertz CT molecular complexity index is 606. The maximum absolute atomic E-state index is 13.7. The summed E-state index contributed by atoms with van der Waals surface area (Å²) in [4.78, 5) is 0. The molecular weight excluding hydrogens is 263 g/mol. The van der Waals surface area contributed by atoms with Crippen LogP contribution in [0.1, 0.15) is 42.5 Å². The van der Waals surface area contributed by atoms with Crippen LogP contribution in [0.5, 0.6) is 0 Å². The maximum atomic E-state index is 13.7. The molecule has 106 valence electrons. The van der Waals surface area contributed by atoms with E-state index in [-0.39, 0.29) is 5.56 Å². The van der Waals surface area contributed by atoms with E-state index >= 15 is 0 Å². The van der Waals surface area contributed by atoms with Crippen molar-refractivity contribution in [2.24, 2.45) is 5.73 Å². The van der Waals surface area contributed by atoms with Gasteiger partial charge in [0.05, 0.1) is 6.04 Å². The monoisotopic (exact) mass is 279 g/mol. The van der Waals surface area contributed by atoms with E-state index in [1.54, 1.807) is 12.1 Å². The highest BCUT2D eigenvalue weighted by atomic mass is 19.2. The first-order valence-corrected chi connectivity index (χ1v) is 6.40. The fraction of sp³-hybridized carbons (Fsp3) is 0.250. The van der Waals surface area contributed by atoms with Crippen molar-refractivity contribution in [3.05, 3.63) is 70.5 Å². The van der Waals surface area contributed by atoms with Gasteiger partial charge in [0.1, 0.15) is 5.82 Å². The summed E-state index contributed by atoms with van der Waals surface area (Å²) < 4.78 is 39.8. The summed E-state index contributed by atoms with van der Waals surface area (Å²) in [5.74, 6) is -2.78. The third kappa shape index (κ3) is 2.85. The number of hydrogen-bond donors (Lipinski definition) is 1. The Morgan fingerprint density at radius 2 is 1.30 bits per heavy atom. The van der Waals surface area contributed by atoms with E-state index in [9.17, 15) is 13.2 Å². The lowest BCUT2D eigenvalue weighted by Crippen LogP contribution is -2.14. The Morgan fingerprint density at radius 1 is 0.800 bits per heavy atom. The zero-order chi connectivity index (χ0) is 14.9. The molecule has 0 aromatic heterocycles. The largest absolute Gasteiger partial charge is 0.320 e. The van der Waals surface area contributed by atoms with Gasteiger partial charge in [-0.25, -0.2) is 13.2 Å². The predicted octanol–water partition coefficient (Wildman–Crippen LogP) is 4.28. The van der Waals surface area contributed by atoms with Crippen molar-refractivity contribution in [3.63, 3.8) is 0 Å². The van der Waals surface area contributed by atoms with E-state index in [0.29, 0.717) is 17.5 Å². The van der Waals surface area contributed by atoms with Crippen LogP contribution in [0.4, 0.5) is 13.2 Å². The molecule has 2 aromatic rings. The normalized spacial score (nSPS) is 12.8. The Labute approximate surface area is 116 Å². The van der Waals surface area contributed by atoms with Gasteiger partial charge in [0.25, 0.3) is 0 Å². The zero-order valence-corrected chi connectivity index (χ0v) is 11.3. The number of rotatable bonds is 3. The smallest absolute Gasteiger partial charge is 0.161 e. The Kier molecular flexibility index (Phi) is 4.14. The van der Waals surface area contributed by atoms with Crippen LogP contribution in [0.25, 0.3) is 0 Å². The van der Waals surface area contributed by atoms with Crippen LogP contribution in [0.2, 0.25) is 0 Å². The molecule has 0 bridgehead atoms. The standard InChI is InChI=1S/C16H16F3N/c1-9(2)10-3-5-11(6-4-10)16(20)12-7-14(18)15(19)8-13(12)17/h3-9,16H,20H2,1-2H3. The van der Waals surface area contributed by atoms with Crippen molar-refractivity contribution < 1.29 is 13.2 Å². The molecular formula is C16H16F3N. The number of halogens is 3. The molecule has 0 spiro atoms. The van der Waals surface area contributed by atoms with Gasteiger partial charge in [-0.2, -0.15) is 0 Å². The maximum Gasteiger partial charge on any atom is 0.161 e. The molecule has 1 unspecified atom stereocenters. The van der Waals surface area contributed by atoms with Gasteiger partial charge < -0.3 is 5.73 Å². The minimum atomic E-state index is -1.21. The molecule has 0 aliphatic heterocycles. The van der Waals surface area contributed by atoms with Crippen molar-refractivity contribution in [2.45, 2.75) is 25.8 Å². The van der Waals surface area contributed by atoms with Crippen molar-refractivity contribution in [1.29, 1.82) is 0 Å². The second-order valence-electron chi connectivity index (χ2n) is 5.09. The van der Waals surface area contributed by atoms with Gasteiger partial charge in [-0.3, -0.25) is 0 Å². The van der Waals surface area contributed by atoms with Crippen molar-refractivity contribution in [1.82, 2.24) is 0 Å². The van der Waals surface area contributed by atoms with Gasteiger partial charge in [-0.1, -0.05) is 38.1 Å². The Hall–Kier alpha value is -1.81. The first-order chi connectivity index (χ1) is 9.40. The predicted molar refractivity (Wildman–Crippen MR) is 72.9 cm³/mol. The van der Waals surface area contributed by atoms with Gasteiger partial charge in [-0.15, -0.1) is 0 Å². The van der Waals surface area contributed by atoms with E-state index < -0.39 is 23.5 Å². The van der Waals surface area contributed by atoms with Crippen LogP contribution in [0, 0.1) is 17.5 Å². The lowest BCUT2D eigenvalue weighted by atomic mass is 9.95. The molecule has 2 aromatic carbocycles. The molecule has 2 N–H and O–H groups in total. The highest BCUT2D eigenvalue weighted by Crippen LogP contribution is 2.25. The molecule has 1 atom stereocenters. The molecule has 0 heterocycles. The first-order valence-electron chi connectivity index (χ1n) is 6.40. The summed E-state index contributed by atoms with van der Waals surface area (Å²) >= 11 is 0. The molecule has 20 heavy (non-hydrogen) atoms. The topological polar surface area (TPSA) is 26.0 Å². The van der Waals surface area contributed by atoms with Crippen LogP contribution in [-0.4, -0.2) is 0 Å². The van der Waals surface area contributed by atoms with Gasteiger partial charge in [-0.05, 0) is 23.1 Å². The molecule has 0 radical (unpaired) electrons. The van der Waals surface area contributed by atoms with Crippen LogP contribution in [0.3, 0.4) is 0 Å². The summed E-state index contributed by atoms with van der Waals surface area (Å²) in [5.41, 5.74) is 7.66. The molecule has 2 rings (SSSR count). The molecule has 1 nitrogen and oxygen atoms in total. The summed E-state index contributed by atoms with van der Waals surface area (Å²) in [7, 11) is 0. The van der Waals surface area contributed by atoms with Crippen molar-refractivity contribution >= 4 is 0 Å². The quantitative estimate of drug-likeness (QED) is 0.834. The number of hydrogen-bond acceptors (Lipinski definition) is 1. The van der Waals surface area contributed by atoms with Gasteiger partial charge >= 0.3 is 0 Å². The van der Waals surface area contributed by atoms with E-state index in [1.165, 1.54) is 0 Å². The molecule has 0 amide bonds. The fourth-order valence-corrected chi connectivity index (χ4v) is 2.04. The van der Waals surface area contributed by atoms with Crippen molar-refractivity contribution in [3.8, 4) is 0 Å². The van der Waals surface area contributed by atoms with E-state index in [0.717, 1.165) is 11.6 Å². The number of benzene rings is 2. The van der Waals surface area contributed by atoms with Gasteiger partial charge in [0.15, 0.2) is 11.6 Å². The molecule has 4 heteroatoms. The zero-order valence-electron chi connectivity index (χ0n) is 11.3. The van der Waals surface area contributed by atoms with Gasteiger partial charge in [0, 0.05) is 11.6 Å². The number of nitrogens with two attached hydrogens (primary N) is 1. The SMILES string of the molecule is CC(C)c1ccc(C(N)c2cc(F)c(F)cc2F)cc1.